The number of carbonyl (C=O) groups excluding carboxylic acids is 2. The quantitative estimate of drug-likeness (QED) is 0.825. The highest BCUT2D eigenvalue weighted by Gasteiger charge is 2.28. The minimum Gasteiger partial charge on any atom is -0.381 e. The molecule has 0 saturated carbocycles. The molecule has 2 fully saturated rings. The second-order valence-corrected chi connectivity index (χ2v) is 8.42. The van der Waals surface area contributed by atoms with Gasteiger partial charge in [0.05, 0.1) is 41.9 Å². The van der Waals surface area contributed by atoms with Gasteiger partial charge in [0.25, 0.3) is 0 Å². The van der Waals surface area contributed by atoms with E-state index in [1.807, 2.05) is 28.0 Å². The highest BCUT2D eigenvalue weighted by atomic mass is 32.1. The van der Waals surface area contributed by atoms with Gasteiger partial charge in [0.2, 0.25) is 11.8 Å². The van der Waals surface area contributed by atoms with Gasteiger partial charge in [-0.3, -0.25) is 9.59 Å². The number of anilines is 1. The summed E-state index contributed by atoms with van der Waals surface area (Å²) < 4.78 is 7.19. The molecule has 4 heterocycles. The van der Waals surface area contributed by atoms with E-state index >= 15 is 0 Å². The van der Waals surface area contributed by atoms with Crippen molar-refractivity contribution in [3.8, 4) is 0 Å². The number of ether oxygens (including phenoxy) is 1. The number of hydrogen-bond donors (Lipinski definition) is 1. The first-order valence-corrected chi connectivity index (χ1v) is 10.6. The van der Waals surface area contributed by atoms with Gasteiger partial charge in [-0.1, -0.05) is 0 Å². The summed E-state index contributed by atoms with van der Waals surface area (Å²) in [6, 6.07) is 2.01. The maximum absolute atomic E-state index is 12.5. The van der Waals surface area contributed by atoms with Crippen LogP contribution in [0.1, 0.15) is 36.0 Å². The molecule has 2 aromatic rings. The van der Waals surface area contributed by atoms with Crippen LogP contribution >= 0.6 is 11.3 Å². The lowest BCUT2D eigenvalue weighted by Crippen LogP contribution is -2.40. The molecule has 2 aliphatic rings. The van der Waals surface area contributed by atoms with E-state index in [0.29, 0.717) is 32.7 Å². The maximum Gasteiger partial charge on any atom is 0.231 e. The van der Waals surface area contributed by atoms with Crippen molar-refractivity contribution >= 4 is 29.0 Å². The Labute approximate surface area is 167 Å². The van der Waals surface area contributed by atoms with Crippen molar-refractivity contribution in [2.45, 2.75) is 38.6 Å². The number of thiazole rings is 1. The molecule has 0 aromatic carbocycles. The molecule has 0 spiro atoms. The fourth-order valence-electron chi connectivity index (χ4n) is 3.79. The van der Waals surface area contributed by atoms with Crippen molar-refractivity contribution < 1.29 is 14.3 Å². The number of aromatic nitrogens is 3. The summed E-state index contributed by atoms with van der Waals surface area (Å²) in [5.41, 5.74) is 0.850. The molecular weight excluding hydrogens is 378 g/mol. The summed E-state index contributed by atoms with van der Waals surface area (Å²) in [6.45, 7) is 4.46. The zero-order chi connectivity index (χ0) is 19.5. The topological polar surface area (TPSA) is 89.4 Å². The SMILES string of the molecule is Cc1nc(CC(=O)N2CCC(n3nccc3NC(=O)C3CCOC3)CC2)cs1. The predicted molar refractivity (Wildman–Crippen MR) is 105 cm³/mol. The summed E-state index contributed by atoms with van der Waals surface area (Å²) in [6.07, 6.45) is 4.47. The summed E-state index contributed by atoms with van der Waals surface area (Å²) >= 11 is 1.57. The fourth-order valence-corrected chi connectivity index (χ4v) is 4.40. The largest absolute Gasteiger partial charge is 0.381 e. The monoisotopic (exact) mass is 403 g/mol. The van der Waals surface area contributed by atoms with Crippen LogP contribution in [0.2, 0.25) is 0 Å². The summed E-state index contributed by atoms with van der Waals surface area (Å²) in [5.74, 6) is 0.751. The standard InChI is InChI=1S/C19H25N5O3S/c1-13-21-15(12-28-13)10-18(25)23-7-3-16(4-8-23)24-17(2-6-20-24)22-19(26)14-5-9-27-11-14/h2,6,12,14,16H,3-5,7-11H2,1H3,(H,22,26). The molecule has 2 aliphatic heterocycles. The molecule has 2 aromatic heterocycles. The van der Waals surface area contributed by atoms with Crippen molar-refractivity contribution in [2.75, 3.05) is 31.6 Å². The van der Waals surface area contributed by atoms with E-state index in [1.54, 1.807) is 17.5 Å². The maximum atomic E-state index is 12.5. The molecule has 8 nitrogen and oxygen atoms in total. The average Bonchev–Trinajstić information content (AvgIpc) is 3.44. The first-order chi connectivity index (χ1) is 13.6. The van der Waals surface area contributed by atoms with Crippen LogP contribution in [0, 0.1) is 12.8 Å². The smallest absolute Gasteiger partial charge is 0.231 e. The van der Waals surface area contributed by atoms with Crippen molar-refractivity contribution in [3.05, 3.63) is 28.3 Å². The lowest BCUT2D eigenvalue weighted by atomic mass is 10.0. The van der Waals surface area contributed by atoms with Gasteiger partial charge in [0.1, 0.15) is 5.82 Å². The molecule has 0 aliphatic carbocycles. The van der Waals surface area contributed by atoms with Gasteiger partial charge in [-0.05, 0) is 26.2 Å². The van der Waals surface area contributed by atoms with Gasteiger partial charge < -0.3 is 15.0 Å². The Balaban J connectivity index is 1.32. The normalized spacial score (nSPS) is 20.5. The highest BCUT2D eigenvalue weighted by Crippen LogP contribution is 2.26. The Bertz CT molecular complexity index is 834. The molecule has 150 valence electrons. The number of aryl methyl sites for hydroxylation is 1. The first-order valence-electron chi connectivity index (χ1n) is 9.71. The van der Waals surface area contributed by atoms with E-state index in [9.17, 15) is 9.59 Å². The van der Waals surface area contributed by atoms with Crippen molar-refractivity contribution in [3.63, 3.8) is 0 Å². The first kappa shape index (κ1) is 19.1. The molecule has 1 N–H and O–H groups in total. The third-order valence-electron chi connectivity index (χ3n) is 5.38. The lowest BCUT2D eigenvalue weighted by molar-refractivity contribution is -0.131. The number of carbonyl (C=O) groups is 2. The number of piperidine rings is 1. The van der Waals surface area contributed by atoms with Crippen LogP contribution in [-0.2, 0) is 20.7 Å². The van der Waals surface area contributed by atoms with Crippen LogP contribution in [0.25, 0.3) is 0 Å². The van der Waals surface area contributed by atoms with E-state index in [2.05, 4.69) is 15.4 Å². The van der Waals surface area contributed by atoms with Crippen LogP contribution in [-0.4, -0.2) is 57.8 Å². The third-order valence-corrected chi connectivity index (χ3v) is 6.21. The molecular formula is C19H25N5O3S. The molecule has 1 unspecified atom stereocenters. The fraction of sp³-hybridized carbons (Fsp3) is 0.579. The van der Waals surface area contributed by atoms with Crippen molar-refractivity contribution in [2.24, 2.45) is 5.92 Å². The number of rotatable bonds is 5. The summed E-state index contributed by atoms with van der Waals surface area (Å²) in [7, 11) is 0. The molecule has 2 amide bonds. The molecule has 1 atom stereocenters. The van der Waals surface area contributed by atoms with E-state index in [0.717, 1.165) is 35.8 Å². The van der Waals surface area contributed by atoms with Crippen LogP contribution in [0.4, 0.5) is 5.82 Å². The zero-order valence-corrected chi connectivity index (χ0v) is 16.8. The van der Waals surface area contributed by atoms with E-state index in [1.165, 1.54) is 0 Å². The third kappa shape index (κ3) is 4.25. The minimum absolute atomic E-state index is 0.00887. The molecule has 0 bridgehead atoms. The summed E-state index contributed by atoms with van der Waals surface area (Å²) in [5, 5.41) is 10.3. The van der Waals surface area contributed by atoms with E-state index < -0.39 is 0 Å². The Morgan fingerprint density at radius 3 is 2.82 bits per heavy atom. The van der Waals surface area contributed by atoms with Gasteiger partial charge in [0, 0.05) is 31.1 Å². The van der Waals surface area contributed by atoms with E-state index in [4.69, 9.17) is 4.74 Å². The van der Waals surface area contributed by atoms with Crippen LogP contribution in [0.3, 0.4) is 0 Å². The Hall–Kier alpha value is -2.26. The number of nitrogens with one attached hydrogen (secondary N) is 1. The number of hydrogen-bond acceptors (Lipinski definition) is 6. The Morgan fingerprint density at radius 2 is 2.14 bits per heavy atom. The van der Waals surface area contributed by atoms with E-state index in [-0.39, 0.29) is 23.8 Å². The molecule has 4 rings (SSSR count). The number of amides is 2. The summed E-state index contributed by atoms with van der Waals surface area (Å²) in [4.78, 5) is 31.2. The molecule has 0 radical (unpaired) electrons. The number of nitrogens with zero attached hydrogens (tertiary/aromatic N) is 4. The van der Waals surface area contributed by atoms with Crippen LogP contribution in [0.5, 0.6) is 0 Å². The second kappa shape index (κ2) is 8.40. The zero-order valence-electron chi connectivity index (χ0n) is 16.0. The van der Waals surface area contributed by atoms with Crippen LogP contribution < -0.4 is 5.32 Å². The highest BCUT2D eigenvalue weighted by molar-refractivity contribution is 7.09. The second-order valence-electron chi connectivity index (χ2n) is 7.36. The van der Waals surface area contributed by atoms with Gasteiger partial charge >= 0.3 is 0 Å². The van der Waals surface area contributed by atoms with Gasteiger partial charge in [-0.2, -0.15) is 5.10 Å². The minimum atomic E-state index is -0.0860. The van der Waals surface area contributed by atoms with Crippen molar-refractivity contribution in [1.29, 1.82) is 0 Å². The van der Waals surface area contributed by atoms with Crippen molar-refractivity contribution in [1.82, 2.24) is 19.7 Å². The van der Waals surface area contributed by atoms with Gasteiger partial charge in [-0.15, -0.1) is 11.3 Å². The number of likely N-dealkylation sites (tertiary alicyclic amines) is 1. The van der Waals surface area contributed by atoms with Crippen LogP contribution in [0.15, 0.2) is 17.6 Å². The molecule has 2 saturated heterocycles. The molecule has 28 heavy (non-hydrogen) atoms. The predicted octanol–water partition coefficient (Wildman–Crippen LogP) is 2.03. The van der Waals surface area contributed by atoms with Gasteiger partial charge in [0.15, 0.2) is 0 Å². The average molecular weight is 404 g/mol. The lowest BCUT2D eigenvalue weighted by Gasteiger charge is -2.32. The Kier molecular flexibility index (Phi) is 5.72. The Morgan fingerprint density at radius 1 is 1.32 bits per heavy atom. The molecule has 9 heteroatoms. The van der Waals surface area contributed by atoms with Gasteiger partial charge in [-0.25, -0.2) is 9.67 Å².